The van der Waals surface area contributed by atoms with E-state index in [9.17, 15) is 0 Å². The number of hydrogen-bond acceptors (Lipinski definition) is 2. The van der Waals surface area contributed by atoms with Gasteiger partial charge in [-0.1, -0.05) is 31.0 Å². The van der Waals surface area contributed by atoms with Crippen molar-refractivity contribution in [1.82, 2.24) is 0 Å². The molecule has 0 saturated heterocycles. The summed E-state index contributed by atoms with van der Waals surface area (Å²) in [7, 11) is 0. The van der Waals surface area contributed by atoms with Crippen molar-refractivity contribution < 1.29 is 0 Å². The largest absolute Gasteiger partial charge is 0.330 e. The Hall–Kier alpha value is -0.470. The molecular weight excluding hydrogens is 214 g/mol. The highest BCUT2D eigenvalue weighted by Gasteiger charge is 2.24. The van der Waals surface area contributed by atoms with Crippen molar-refractivity contribution in [2.75, 3.05) is 6.54 Å². The number of rotatable bonds is 3. The number of benzene rings is 1. The smallest absolute Gasteiger partial charge is 0.0135 e. The van der Waals surface area contributed by atoms with Gasteiger partial charge in [0, 0.05) is 10.1 Å². The molecule has 1 aliphatic carbocycles. The maximum absolute atomic E-state index is 5.87. The van der Waals surface area contributed by atoms with Crippen LogP contribution in [0.2, 0.25) is 0 Å². The van der Waals surface area contributed by atoms with Crippen LogP contribution in [0.25, 0.3) is 0 Å². The molecule has 2 N–H and O–H groups in total. The van der Waals surface area contributed by atoms with Gasteiger partial charge in [0.2, 0.25) is 0 Å². The van der Waals surface area contributed by atoms with E-state index >= 15 is 0 Å². The van der Waals surface area contributed by atoms with Crippen LogP contribution in [0.1, 0.15) is 31.2 Å². The molecule has 0 bridgehead atoms. The van der Waals surface area contributed by atoms with E-state index in [1.165, 1.54) is 36.1 Å². The van der Waals surface area contributed by atoms with Crippen molar-refractivity contribution in [3.05, 3.63) is 29.8 Å². The molecule has 1 aliphatic rings. The lowest BCUT2D eigenvalue weighted by molar-refractivity contribution is 0.378. The van der Waals surface area contributed by atoms with E-state index in [1.54, 1.807) is 0 Å². The Morgan fingerprint density at radius 3 is 2.75 bits per heavy atom. The van der Waals surface area contributed by atoms with E-state index in [0.717, 1.165) is 17.7 Å². The molecule has 16 heavy (non-hydrogen) atoms. The molecule has 0 radical (unpaired) electrons. The van der Waals surface area contributed by atoms with E-state index in [0.29, 0.717) is 0 Å². The van der Waals surface area contributed by atoms with Crippen molar-refractivity contribution in [3.8, 4) is 0 Å². The van der Waals surface area contributed by atoms with E-state index < -0.39 is 0 Å². The van der Waals surface area contributed by atoms with E-state index in [1.807, 2.05) is 11.8 Å². The SMILES string of the molecule is Cc1ccccc1SC1CCCCC1CN. The van der Waals surface area contributed by atoms with Crippen LogP contribution in [0, 0.1) is 12.8 Å². The first-order valence-corrected chi connectivity index (χ1v) is 7.11. The topological polar surface area (TPSA) is 26.0 Å². The average molecular weight is 235 g/mol. The Morgan fingerprint density at radius 1 is 1.25 bits per heavy atom. The molecule has 0 heterocycles. The summed E-state index contributed by atoms with van der Waals surface area (Å²) < 4.78 is 0. The number of thioether (sulfide) groups is 1. The van der Waals surface area contributed by atoms with E-state index in [2.05, 4.69) is 31.2 Å². The highest BCUT2D eigenvalue weighted by Crippen LogP contribution is 2.38. The number of nitrogens with two attached hydrogens (primary N) is 1. The molecule has 0 amide bonds. The summed E-state index contributed by atoms with van der Waals surface area (Å²) in [6.07, 6.45) is 5.40. The Bertz CT molecular complexity index is 337. The van der Waals surface area contributed by atoms with Crippen LogP contribution < -0.4 is 5.73 Å². The predicted octanol–water partition coefficient (Wildman–Crippen LogP) is 3.60. The van der Waals surface area contributed by atoms with Crippen molar-refractivity contribution in [2.45, 2.75) is 42.8 Å². The molecule has 1 aromatic rings. The quantitative estimate of drug-likeness (QED) is 0.866. The Morgan fingerprint density at radius 2 is 2.00 bits per heavy atom. The van der Waals surface area contributed by atoms with Crippen LogP contribution in [0.15, 0.2) is 29.2 Å². The third-order valence-corrected chi connectivity index (χ3v) is 5.15. The van der Waals surface area contributed by atoms with Gasteiger partial charge in [-0.15, -0.1) is 11.8 Å². The maximum atomic E-state index is 5.87. The van der Waals surface area contributed by atoms with E-state index in [-0.39, 0.29) is 0 Å². The number of aryl methyl sites for hydroxylation is 1. The lowest BCUT2D eigenvalue weighted by atomic mass is 9.89. The number of hydrogen-bond donors (Lipinski definition) is 1. The van der Waals surface area contributed by atoms with Crippen LogP contribution in [-0.2, 0) is 0 Å². The second-order valence-electron chi connectivity index (χ2n) is 4.70. The normalized spacial score (nSPS) is 25.6. The van der Waals surface area contributed by atoms with Crippen LogP contribution in [0.4, 0.5) is 0 Å². The van der Waals surface area contributed by atoms with Crippen molar-refractivity contribution >= 4 is 11.8 Å². The molecule has 1 fully saturated rings. The fourth-order valence-corrected chi connectivity index (χ4v) is 3.91. The van der Waals surface area contributed by atoms with Crippen LogP contribution in [0.3, 0.4) is 0 Å². The maximum Gasteiger partial charge on any atom is 0.0135 e. The zero-order valence-electron chi connectivity index (χ0n) is 9.99. The highest BCUT2D eigenvalue weighted by molar-refractivity contribution is 8.00. The summed E-state index contributed by atoms with van der Waals surface area (Å²) in [6.45, 7) is 3.05. The van der Waals surface area contributed by atoms with Gasteiger partial charge in [0.1, 0.15) is 0 Å². The van der Waals surface area contributed by atoms with E-state index in [4.69, 9.17) is 5.73 Å². The Balaban J connectivity index is 2.05. The molecule has 1 nitrogen and oxygen atoms in total. The summed E-state index contributed by atoms with van der Waals surface area (Å²) in [5.41, 5.74) is 7.27. The predicted molar refractivity (Wildman–Crippen MR) is 71.8 cm³/mol. The highest BCUT2D eigenvalue weighted by atomic mass is 32.2. The molecule has 2 rings (SSSR count). The molecular formula is C14H21NS. The first kappa shape index (κ1) is 12.0. The first-order chi connectivity index (χ1) is 7.81. The molecule has 0 aliphatic heterocycles. The van der Waals surface area contributed by atoms with Crippen LogP contribution in [0.5, 0.6) is 0 Å². The zero-order valence-corrected chi connectivity index (χ0v) is 10.8. The molecule has 0 aromatic heterocycles. The molecule has 2 atom stereocenters. The molecule has 1 aromatic carbocycles. The molecule has 2 heteroatoms. The monoisotopic (exact) mass is 235 g/mol. The summed E-state index contributed by atoms with van der Waals surface area (Å²) in [5.74, 6) is 0.721. The van der Waals surface area contributed by atoms with Gasteiger partial charge in [0.05, 0.1) is 0 Å². The van der Waals surface area contributed by atoms with Gasteiger partial charge in [-0.3, -0.25) is 0 Å². The molecule has 2 unspecified atom stereocenters. The van der Waals surface area contributed by atoms with Gasteiger partial charge < -0.3 is 5.73 Å². The van der Waals surface area contributed by atoms with Gasteiger partial charge >= 0.3 is 0 Å². The minimum absolute atomic E-state index is 0.721. The third kappa shape index (κ3) is 2.80. The summed E-state index contributed by atoms with van der Waals surface area (Å²) in [6, 6.07) is 8.68. The summed E-state index contributed by atoms with van der Waals surface area (Å²) >= 11 is 2.04. The first-order valence-electron chi connectivity index (χ1n) is 6.23. The second kappa shape index (κ2) is 5.74. The minimum atomic E-state index is 0.721. The van der Waals surface area contributed by atoms with Crippen molar-refractivity contribution in [1.29, 1.82) is 0 Å². The van der Waals surface area contributed by atoms with Crippen molar-refractivity contribution in [3.63, 3.8) is 0 Å². The van der Waals surface area contributed by atoms with Gasteiger partial charge in [0.25, 0.3) is 0 Å². The van der Waals surface area contributed by atoms with Gasteiger partial charge in [-0.2, -0.15) is 0 Å². The summed E-state index contributed by atoms with van der Waals surface area (Å²) in [5, 5.41) is 0.736. The summed E-state index contributed by atoms with van der Waals surface area (Å²) in [4.78, 5) is 1.44. The fourth-order valence-electron chi connectivity index (χ4n) is 2.45. The van der Waals surface area contributed by atoms with Gasteiger partial charge in [-0.25, -0.2) is 0 Å². The third-order valence-electron chi connectivity index (χ3n) is 3.51. The lowest BCUT2D eigenvalue weighted by Gasteiger charge is -2.30. The molecule has 1 saturated carbocycles. The minimum Gasteiger partial charge on any atom is -0.330 e. The average Bonchev–Trinajstić information content (AvgIpc) is 2.33. The Labute approximate surface area is 103 Å². The standard InChI is InChI=1S/C14H21NS/c1-11-6-2-4-8-13(11)16-14-9-5-3-7-12(14)10-15/h2,4,6,8,12,14H,3,5,7,9-10,15H2,1H3. The fraction of sp³-hybridized carbons (Fsp3) is 0.571. The molecule has 88 valence electrons. The van der Waals surface area contributed by atoms with Crippen molar-refractivity contribution in [2.24, 2.45) is 11.7 Å². The molecule has 0 spiro atoms. The van der Waals surface area contributed by atoms with Gasteiger partial charge in [-0.05, 0) is 43.9 Å². The lowest BCUT2D eigenvalue weighted by Crippen LogP contribution is -2.28. The zero-order chi connectivity index (χ0) is 11.4. The second-order valence-corrected chi connectivity index (χ2v) is 5.98. The van der Waals surface area contributed by atoms with Crippen LogP contribution >= 0.6 is 11.8 Å². The van der Waals surface area contributed by atoms with Gasteiger partial charge in [0.15, 0.2) is 0 Å². The Kier molecular flexibility index (Phi) is 4.30. The van der Waals surface area contributed by atoms with Crippen LogP contribution in [-0.4, -0.2) is 11.8 Å².